The highest BCUT2D eigenvalue weighted by atomic mass is 14.6. The number of fused-ring (bicyclic) bond motifs is 3. The summed E-state index contributed by atoms with van der Waals surface area (Å²) in [6, 6.07) is 23.7. The maximum atomic E-state index is 6.34. The maximum Gasteiger partial charge on any atom is 0.0925 e. The summed E-state index contributed by atoms with van der Waals surface area (Å²) in [5.74, 6) is 11.7. The van der Waals surface area contributed by atoms with E-state index in [1.54, 1.807) is 6.07 Å². The predicted molar refractivity (Wildman–Crippen MR) is 118 cm³/mol. The first-order valence-corrected chi connectivity index (χ1v) is 8.95. The zero-order chi connectivity index (χ0) is 19.5. The number of rotatable bonds is 1. The quantitative estimate of drug-likeness (QED) is 0.377. The van der Waals surface area contributed by atoms with E-state index in [-0.39, 0.29) is 0 Å². The lowest BCUT2D eigenvalue weighted by Crippen LogP contribution is -2.08. The fraction of sp³-hybridized carbons (Fsp3) is 0.0370. The number of benzene rings is 4. The number of hydrogen-bond donors (Lipinski definition) is 1. The zero-order valence-electron chi connectivity index (χ0n) is 15.2. The molecule has 0 bridgehead atoms. The minimum atomic E-state index is -0.481. The Kier molecular flexibility index (Phi) is 4.58. The van der Waals surface area contributed by atoms with Gasteiger partial charge in [0.05, 0.1) is 6.04 Å². The van der Waals surface area contributed by atoms with Crippen LogP contribution in [-0.4, -0.2) is 0 Å². The van der Waals surface area contributed by atoms with Gasteiger partial charge >= 0.3 is 0 Å². The van der Waals surface area contributed by atoms with E-state index in [1.807, 2.05) is 30.3 Å². The Morgan fingerprint density at radius 1 is 0.714 bits per heavy atom. The summed E-state index contributed by atoms with van der Waals surface area (Å²) < 4.78 is 0. The molecule has 130 valence electrons. The summed E-state index contributed by atoms with van der Waals surface area (Å²) >= 11 is 0. The molecular formula is C27H17N. The van der Waals surface area contributed by atoms with Gasteiger partial charge in [-0.1, -0.05) is 72.2 Å². The Bertz CT molecular complexity index is 1320. The molecule has 0 radical (unpaired) electrons. The summed E-state index contributed by atoms with van der Waals surface area (Å²) in [6.45, 7) is 0. The molecule has 28 heavy (non-hydrogen) atoms. The molecule has 1 unspecified atom stereocenters. The van der Waals surface area contributed by atoms with Crippen molar-refractivity contribution in [1.29, 1.82) is 0 Å². The third-order valence-corrected chi connectivity index (χ3v) is 4.78. The number of hydrogen-bond acceptors (Lipinski definition) is 1. The van der Waals surface area contributed by atoms with Crippen molar-refractivity contribution < 1.29 is 0 Å². The molecule has 0 amide bonds. The van der Waals surface area contributed by atoms with Crippen LogP contribution in [0, 0.1) is 36.5 Å². The zero-order valence-corrected chi connectivity index (χ0v) is 15.2. The van der Waals surface area contributed by atoms with E-state index in [0.717, 1.165) is 21.9 Å². The van der Waals surface area contributed by atoms with Gasteiger partial charge in [-0.15, -0.1) is 12.8 Å². The summed E-state index contributed by atoms with van der Waals surface area (Å²) in [5.41, 5.74) is 9.52. The van der Waals surface area contributed by atoms with Crippen LogP contribution in [0.4, 0.5) is 0 Å². The van der Waals surface area contributed by atoms with Crippen LogP contribution in [0.25, 0.3) is 21.5 Å². The van der Waals surface area contributed by atoms with Gasteiger partial charge in [-0.3, -0.25) is 0 Å². The second kappa shape index (κ2) is 7.34. The summed E-state index contributed by atoms with van der Waals surface area (Å²) in [5, 5.41) is 4.67. The van der Waals surface area contributed by atoms with Gasteiger partial charge in [0.15, 0.2) is 0 Å². The highest BCUT2D eigenvalue weighted by molar-refractivity contribution is 6.09. The second-order valence-corrected chi connectivity index (χ2v) is 6.57. The molecule has 0 saturated carbocycles. The highest BCUT2D eigenvalue weighted by Crippen LogP contribution is 2.28. The van der Waals surface area contributed by atoms with Gasteiger partial charge in [0, 0.05) is 16.7 Å². The second-order valence-electron chi connectivity index (χ2n) is 6.57. The van der Waals surface area contributed by atoms with Crippen LogP contribution in [0.1, 0.15) is 28.3 Å². The fourth-order valence-corrected chi connectivity index (χ4v) is 3.39. The lowest BCUT2D eigenvalue weighted by molar-refractivity contribution is 0.943. The third-order valence-electron chi connectivity index (χ3n) is 4.78. The molecule has 4 rings (SSSR count). The van der Waals surface area contributed by atoms with Gasteiger partial charge in [0.2, 0.25) is 0 Å². The largest absolute Gasteiger partial charge is 0.314 e. The first-order chi connectivity index (χ1) is 13.7. The van der Waals surface area contributed by atoms with Gasteiger partial charge < -0.3 is 5.73 Å². The van der Waals surface area contributed by atoms with Crippen molar-refractivity contribution in [2.24, 2.45) is 5.73 Å². The molecule has 4 aromatic rings. The van der Waals surface area contributed by atoms with Gasteiger partial charge in [-0.05, 0) is 51.4 Å². The normalized spacial score (nSPS) is 11.2. The molecule has 0 aromatic heterocycles. The molecule has 1 heteroatoms. The van der Waals surface area contributed by atoms with E-state index < -0.39 is 6.04 Å². The minimum absolute atomic E-state index is 0.481. The van der Waals surface area contributed by atoms with Crippen LogP contribution in [0.2, 0.25) is 0 Å². The smallest absolute Gasteiger partial charge is 0.0925 e. The molecular weight excluding hydrogens is 338 g/mol. The van der Waals surface area contributed by atoms with Crippen LogP contribution in [-0.2, 0) is 0 Å². The van der Waals surface area contributed by atoms with Crippen molar-refractivity contribution in [1.82, 2.24) is 0 Å². The molecule has 0 heterocycles. The first-order valence-electron chi connectivity index (χ1n) is 8.95. The Hall–Kier alpha value is -3.96. The topological polar surface area (TPSA) is 26.0 Å². The Labute approximate surface area is 165 Å². The van der Waals surface area contributed by atoms with Crippen LogP contribution >= 0.6 is 0 Å². The summed E-state index contributed by atoms with van der Waals surface area (Å²) in [4.78, 5) is 0. The first kappa shape index (κ1) is 17.5. The van der Waals surface area contributed by atoms with E-state index in [9.17, 15) is 0 Å². The number of terminal acetylenes is 2. The fourth-order valence-electron chi connectivity index (χ4n) is 3.39. The van der Waals surface area contributed by atoms with E-state index in [2.05, 4.69) is 60.1 Å². The van der Waals surface area contributed by atoms with E-state index in [0.29, 0.717) is 11.1 Å². The molecule has 1 nitrogen and oxygen atoms in total. The maximum absolute atomic E-state index is 6.34. The molecule has 0 aliphatic carbocycles. The lowest BCUT2D eigenvalue weighted by atomic mass is 9.97. The van der Waals surface area contributed by atoms with Crippen molar-refractivity contribution in [3.8, 4) is 36.5 Å². The Morgan fingerprint density at radius 3 is 2.00 bits per heavy atom. The summed E-state index contributed by atoms with van der Waals surface area (Å²) in [7, 11) is 0. The van der Waals surface area contributed by atoms with Crippen LogP contribution in [0.15, 0.2) is 72.8 Å². The van der Waals surface area contributed by atoms with Gasteiger partial charge in [-0.25, -0.2) is 0 Å². The van der Waals surface area contributed by atoms with Crippen LogP contribution < -0.4 is 5.73 Å². The molecule has 4 aromatic carbocycles. The highest BCUT2D eigenvalue weighted by Gasteiger charge is 2.07. The molecule has 0 saturated heterocycles. The molecule has 0 aliphatic rings. The molecule has 2 N–H and O–H groups in total. The average Bonchev–Trinajstić information content (AvgIpc) is 2.76. The number of nitrogens with two attached hydrogens (primary N) is 1. The Morgan fingerprint density at radius 2 is 1.32 bits per heavy atom. The van der Waals surface area contributed by atoms with Gasteiger partial charge in [-0.2, -0.15) is 0 Å². The molecule has 0 aliphatic heterocycles. The van der Waals surface area contributed by atoms with Crippen molar-refractivity contribution in [3.63, 3.8) is 0 Å². The standard InChI is InChI=1S/C27H17N/c1-3-19-15-20(4-2)17-23(16-19)27(28)14-13-22-18-21-9-5-6-10-24(21)26-12-8-7-11-25(22)26/h1-2,5-12,15-18,27H,28H2. The van der Waals surface area contributed by atoms with Gasteiger partial charge in [0.25, 0.3) is 0 Å². The molecule has 0 fully saturated rings. The SMILES string of the molecule is C#Cc1cc(C#C)cc(C(N)C#Cc2cc3ccccc3c3ccccc23)c1. The van der Waals surface area contributed by atoms with Gasteiger partial charge in [0.1, 0.15) is 0 Å². The average molecular weight is 355 g/mol. The van der Waals surface area contributed by atoms with Crippen LogP contribution in [0.3, 0.4) is 0 Å². The van der Waals surface area contributed by atoms with E-state index in [4.69, 9.17) is 18.6 Å². The van der Waals surface area contributed by atoms with E-state index >= 15 is 0 Å². The third kappa shape index (κ3) is 3.22. The van der Waals surface area contributed by atoms with Crippen molar-refractivity contribution >= 4 is 21.5 Å². The van der Waals surface area contributed by atoms with Crippen molar-refractivity contribution in [2.75, 3.05) is 0 Å². The molecule has 1 atom stereocenters. The Balaban J connectivity index is 1.82. The predicted octanol–water partition coefficient (Wildman–Crippen LogP) is 5.01. The van der Waals surface area contributed by atoms with Crippen LogP contribution in [0.5, 0.6) is 0 Å². The van der Waals surface area contributed by atoms with E-state index in [1.165, 1.54) is 10.8 Å². The molecule has 0 spiro atoms. The monoisotopic (exact) mass is 355 g/mol. The van der Waals surface area contributed by atoms with Crippen molar-refractivity contribution in [2.45, 2.75) is 6.04 Å². The minimum Gasteiger partial charge on any atom is -0.314 e. The summed E-state index contributed by atoms with van der Waals surface area (Å²) in [6.07, 6.45) is 11.1. The van der Waals surface area contributed by atoms with Crippen molar-refractivity contribution in [3.05, 3.63) is 95.1 Å². The lowest BCUT2D eigenvalue weighted by Gasteiger charge is -2.08.